The van der Waals surface area contributed by atoms with E-state index in [9.17, 15) is 14.6 Å². The van der Waals surface area contributed by atoms with Crippen LogP contribution in [-0.4, -0.2) is 81.5 Å². The van der Waals surface area contributed by atoms with Crippen molar-refractivity contribution in [3.8, 4) is 0 Å². The smallest absolute Gasteiger partial charge is 0.376 e. The highest BCUT2D eigenvalue weighted by Crippen LogP contribution is 2.46. The van der Waals surface area contributed by atoms with Crippen LogP contribution in [0.2, 0.25) is 6.82 Å². The van der Waals surface area contributed by atoms with E-state index in [1.165, 1.54) is 6.42 Å². The zero-order valence-electron chi connectivity index (χ0n) is 18.5. The van der Waals surface area contributed by atoms with Gasteiger partial charge < -0.3 is 29.9 Å². The molecule has 3 aliphatic rings. The molecule has 1 saturated heterocycles. The van der Waals surface area contributed by atoms with Crippen molar-refractivity contribution in [1.82, 2.24) is 29.9 Å². The van der Waals surface area contributed by atoms with E-state index in [4.69, 9.17) is 0 Å². The third-order valence-electron chi connectivity index (χ3n) is 7.21. The number of hydrogen-bond acceptors (Lipinski definition) is 5. The number of nitrogens with zero attached hydrogens (tertiary/aromatic N) is 4. The Morgan fingerprint density at radius 1 is 1.23 bits per heavy atom. The zero-order valence-corrected chi connectivity index (χ0v) is 18.5. The van der Waals surface area contributed by atoms with Crippen LogP contribution in [-0.2, 0) is 10.3 Å². The second kappa shape index (κ2) is 9.60. The molecule has 3 amide bonds. The Kier molecular flexibility index (Phi) is 6.86. The Balaban J connectivity index is 1.35. The van der Waals surface area contributed by atoms with E-state index in [1.807, 2.05) is 17.3 Å². The summed E-state index contributed by atoms with van der Waals surface area (Å²) in [5, 5.41) is 16.2. The zero-order chi connectivity index (χ0) is 21.8. The van der Waals surface area contributed by atoms with Crippen LogP contribution in [0.3, 0.4) is 0 Å². The molecule has 170 valence electrons. The molecule has 4 rings (SSSR count). The van der Waals surface area contributed by atoms with Crippen molar-refractivity contribution in [2.75, 3.05) is 26.2 Å². The minimum absolute atomic E-state index is 0.0695. The molecule has 0 radical (unpaired) electrons. The van der Waals surface area contributed by atoms with Crippen molar-refractivity contribution in [3.63, 3.8) is 0 Å². The molecule has 1 aliphatic heterocycles. The summed E-state index contributed by atoms with van der Waals surface area (Å²) in [6, 6.07) is -0.561. The molecular weight excluding hydrogens is 395 g/mol. The van der Waals surface area contributed by atoms with E-state index >= 15 is 0 Å². The van der Waals surface area contributed by atoms with Crippen molar-refractivity contribution in [1.29, 1.82) is 0 Å². The fourth-order valence-corrected chi connectivity index (χ4v) is 4.97. The van der Waals surface area contributed by atoms with Gasteiger partial charge in [-0.2, -0.15) is 0 Å². The Morgan fingerprint density at radius 2 is 2.00 bits per heavy atom. The van der Waals surface area contributed by atoms with Gasteiger partial charge in [-0.25, -0.2) is 9.78 Å². The first-order chi connectivity index (χ1) is 15.0. The first kappa shape index (κ1) is 22.1. The number of carbonyl (C=O) groups is 2. The standard InChI is InChI=1S/C21H35BN6O3/c1-22(31)27-13-14-28(20(30)25-17-5-3-2-4-6-17)18(15-27)19(29)24-10-9-21(7-8-21)26-12-11-23-16-26/h11-12,16-18,31H,2-10,13-15H2,1H3,(H,24,29)(H,25,30)/t18-/m1/s1. The molecule has 9 nitrogen and oxygen atoms in total. The molecule has 2 heterocycles. The van der Waals surface area contributed by atoms with Gasteiger partial charge in [0.25, 0.3) is 0 Å². The molecule has 31 heavy (non-hydrogen) atoms. The highest BCUT2D eigenvalue weighted by molar-refractivity contribution is 6.45. The molecule has 1 aromatic rings. The Morgan fingerprint density at radius 3 is 2.65 bits per heavy atom. The highest BCUT2D eigenvalue weighted by Gasteiger charge is 2.44. The van der Waals surface area contributed by atoms with E-state index in [2.05, 4.69) is 20.2 Å². The summed E-state index contributed by atoms with van der Waals surface area (Å²) in [6.45, 7) is 3.59. The molecule has 2 aliphatic carbocycles. The molecule has 3 fully saturated rings. The van der Waals surface area contributed by atoms with Gasteiger partial charge in [-0.1, -0.05) is 19.3 Å². The van der Waals surface area contributed by atoms with Crippen LogP contribution in [0.4, 0.5) is 4.79 Å². The van der Waals surface area contributed by atoms with E-state index < -0.39 is 13.1 Å². The number of urea groups is 1. The lowest BCUT2D eigenvalue weighted by atomic mass is 9.83. The Hall–Kier alpha value is -2.07. The summed E-state index contributed by atoms with van der Waals surface area (Å²) >= 11 is 0. The first-order valence-corrected chi connectivity index (χ1v) is 11.7. The number of piperazine rings is 1. The van der Waals surface area contributed by atoms with E-state index in [1.54, 1.807) is 17.9 Å². The summed E-state index contributed by atoms with van der Waals surface area (Å²) in [5.41, 5.74) is 0.0695. The number of carbonyl (C=O) groups excluding carboxylic acids is 2. The van der Waals surface area contributed by atoms with Gasteiger partial charge >= 0.3 is 13.1 Å². The lowest BCUT2D eigenvalue weighted by molar-refractivity contribution is -0.126. The molecular formula is C21H35BN6O3. The van der Waals surface area contributed by atoms with Crippen LogP contribution in [0.15, 0.2) is 18.7 Å². The van der Waals surface area contributed by atoms with Crippen molar-refractivity contribution >= 4 is 19.0 Å². The van der Waals surface area contributed by atoms with E-state index in [0.717, 1.165) is 44.9 Å². The SMILES string of the molecule is CB(O)N1CCN(C(=O)NC2CCCCC2)[C@@H](C(=O)NCCC2(n3ccnc3)CC2)C1. The maximum Gasteiger partial charge on any atom is 0.376 e. The molecule has 1 aromatic heterocycles. The molecule has 0 bridgehead atoms. The maximum atomic E-state index is 13.1. The van der Waals surface area contributed by atoms with E-state index in [0.29, 0.717) is 26.2 Å². The van der Waals surface area contributed by atoms with Gasteiger partial charge in [0, 0.05) is 50.2 Å². The first-order valence-electron chi connectivity index (χ1n) is 11.7. The summed E-state index contributed by atoms with van der Waals surface area (Å²) < 4.78 is 2.14. The third-order valence-corrected chi connectivity index (χ3v) is 7.21. The number of aromatic nitrogens is 2. The largest absolute Gasteiger partial charge is 0.437 e. The maximum absolute atomic E-state index is 13.1. The fourth-order valence-electron chi connectivity index (χ4n) is 4.97. The van der Waals surface area contributed by atoms with Crippen LogP contribution < -0.4 is 10.6 Å². The van der Waals surface area contributed by atoms with Gasteiger partial charge in [-0.3, -0.25) is 4.79 Å². The molecule has 2 saturated carbocycles. The van der Waals surface area contributed by atoms with Crippen molar-refractivity contribution < 1.29 is 14.6 Å². The van der Waals surface area contributed by atoms with Gasteiger partial charge in [-0.15, -0.1) is 0 Å². The van der Waals surface area contributed by atoms with Crippen molar-refractivity contribution in [2.45, 2.75) is 75.8 Å². The number of nitrogens with one attached hydrogen (secondary N) is 2. The number of imidazole rings is 1. The summed E-state index contributed by atoms with van der Waals surface area (Å²) in [6.07, 6.45) is 14.2. The summed E-state index contributed by atoms with van der Waals surface area (Å²) in [5.74, 6) is -0.148. The second-order valence-corrected chi connectivity index (χ2v) is 9.36. The van der Waals surface area contributed by atoms with Gasteiger partial charge in [0.2, 0.25) is 5.91 Å². The van der Waals surface area contributed by atoms with Gasteiger partial charge in [0.1, 0.15) is 6.04 Å². The monoisotopic (exact) mass is 430 g/mol. The minimum atomic E-state index is -0.644. The Bertz CT molecular complexity index is 748. The molecule has 0 aromatic carbocycles. The number of rotatable bonds is 7. The van der Waals surface area contributed by atoms with Gasteiger partial charge in [0.05, 0.1) is 6.33 Å². The molecule has 1 atom stereocenters. The summed E-state index contributed by atoms with van der Waals surface area (Å²) in [7, 11) is -0.644. The number of amides is 3. The predicted octanol–water partition coefficient (Wildman–Crippen LogP) is 1.02. The predicted molar refractivity (Wildman–Crippen MR) is 118 cm³/mol. The fraction of sp³-hybridized carbons (Fsp3) is 0.762. The highest BCUT2D eigenvalue weighted by atomic mass is 16.2. The lowest BCUT2D eigenvalue weighted by Crippen LogP contribution is -2.65. The van der Waals surface area contributed by atoms with E-state index in [-0.39, 0.29) is 23.5 Å². The molecule has 0 unspecified atom stereocenters. The number of hydrogen-bond donors (Lipinski definition) is 3. The van der Waals surface area contributed by atoms with Crippen LogP contribution in [0.1, 0.15) is 51.4 Å². The van der Waals surface area contributed by atoms with Crippen molar-refractivity contribution in [2.24, 2.45) is 0 Å². The third kappa shape index (κ3) is 5.23. The summed E-state index contributed by atoms with van der Waals surface area (Å²) in [4.78, 5) is 33.8. The Labute approximate surface area is 184 Å². The average molecular weight is 430 g/mol. The van der Waals surface area contributed by atoms with Crippen LogP contribution >= 0.6 is 0 Å². The van der Waals surface area contributed by atoms with Gasteiger partial charge in [-0.05, 0) is 38.9 Å². The quantitative estimate of drug-likeness (QED) is 0.561. The lowest BCUT2D eigenvalue weighted by Gasteiger charge is -2.41. The second-order valence-electron chi connectivity index (χ2n) is 9.36. The van der Waals surface area contributed by atoms with Crippen LogP contribution in [0.25, 0.3) is 0 Å². The minimum Gasteiger partial charge on any atom is -0.437 e. The average Bonchev–Trinajstić information content (AvgIpc) is 3.34. The normalized spacial score (nSPS) is 23.9. The van der Waals surface area contributed by atoms with Crippen LogP contribution in [0.5, 0.6) is 0 Å². The molecule has 0 spiro atoms. The molecule has 10 heteroatoms. The topological polar surface area (TPSA) is 103 Å². The molecule has 3 N–H and O–H groups in total. The van der Waals surface area contributed by atoms with Gasteiger partial charge in [0.15, 0.2) is 0 Å². The van der Waals surface area contributed by atoms with Crippen LogP contribution in [0, 0.1) is 0 Å². The van der Waals surface area contributed by atoms with Crippen molar-refractivity contribution in [3.05, 3.63) is 18.7 Å².